The van der Waals surface area contributed by atoms with Gasteiger partial charge < -0.3 is 10.6 Å². The third-order valence-electron chi connectivity index (χ3n) is 3.77. The smallest absolute Gasteiger partial charge is 0.222 e. The van der Waals surface area contributed by atoms with Crippen LogP contribution in [0.1, 0.15) is 12.0 Å². The van der Waals surface area contributed by atoms with E-state index >= 15 is 0 Å². The standard InChI is InChI=1S/C16H18N4OS/c17-16(21)13-6-7-20(9-13)14-8-15(19-11-18-14)22-10-12-4-2-1-3-5-12/h1-5,8,11,13H,6-7,9-10H2,(H2,17,21)/t13-/m0/s1. The van der Waals surface area contributed by atoms with Crippen LogP contribution in [-0.4, -0.2) is 29.0 Å². The lowest BCUT2D eigenvalue weighted by molar-refractivity contribution is -0.121. The number of thioether (sulfide) groups is 1. The number of carbonyl (C=O) groups excluding carboxylic acids is 1. The molecule has 1 aromatic heterocycles. The summed E-state index contributed by atoms with van der Waals surface area (Å²) in [7, 11) is 0. The Kier molecular flexibility index (Phi) is 4.58. The maximum absolute atomic E-state index is 11.3. The molecule has 1 amide bonds. The summed E-state index contributed by atoms with van der Waals surface area (Å²) >= 11 is 1.68. The highest BCUT2D eigenvalue weighted by Crippen LogP contribution is 2.26. The maximum Gasteiger partial charge on any atom is 0.222 e. The molecule has 1 atom stereocenters. The molecule has 0 spiro atoms. The second-order valence-electron chi connectivity index (χ2n) is 5.32. The van der Waals surface area contributed by atoms with E-state index in [1.807, 2.05) is 24.3 Å². The molecule has 2 N–H and O–H groups in total. The third-order valence-corrected chi connectivity index (χ3v) is 4.77. The Bertz CT molecular complexity index is 650. The van der Waals surface area contributed by atoms with Crippen LogP contribution in [0.15, 0.2) is 47.8 Å². The quantitative estimate of drug-likeness (QED) is 0.676. The predicted octanol–water partition coefficient (Wildman–Crippen LogP) is 2.08. The van der Waals surface area contributed by atoms with Crippen LogP contribution in [-0.2, 0) is 10.5 Å². The largest absolute Gasteiger partial charge is 0.369 e. The zero-order valence-corrected chi connectivity index (χ0v) is 13.0. The number of nitrogens with two attached hydrogens (primary N) is 1. The highest BCUT2D eigenvalue weighted by molar-refractivity contribution is 7.98. The van der Waals surface area contributed by atoms with Gasteiger partial charge in [-0.2, -0.15) is 0 Å². The summed E-state index contributed by atoms with van der Waals surface area (Å²) in [5, 5.41) is 0.941. The summed E-state index contributed by atoms with van der Waals surface area (Å²) < 4.78 is 0. The number of carbonyl (C=O) groups is 1. The minimum atomic E-state index is -0.227. The molecule has 1 aliphatic rings. The number of hydrogen-bond donors (Lipinski definition) is 1. The highest BCUT2D eigenvalue weighted by atomic mass is 32.2. The van der Waals surface area contributed by atoms with Crippen molar-refractivity contribution < 1.29 is 4.79 Å². The lowest BCUT2D eigenvalue weighted by Crippen LogP contribution is -2.27. The first kappa shape index (κ1) is 14.8. The van der Waals surface area contributed by atoms with Gasteiger partial charge in [-0.1, -0.05) is 30.3 Å². The Labute approximate surface area is 133 Å². The van der Waals surface area contributed by atoms with E-state index < -0.39 is 0 Å². The van der Waals surface area contributed by atoms with Crippen molar-refractivity contribution in [2.75, 3.05) is 18.0 Å². The molecular weight excluding hydrogens is 296 g/mol. The SMILES string of the molecule is NC(=O)[C@H]1CCN(c2cc(SCc3ccccc3)ncn2)C1. The normalized spacial score (nSPS) is 17.6. The van der Waals surface area contributed by atoms with Crippen molar-refractivity contribution in [1.82, 2.24) is 9.97 Å². The van der Waals surface area contributed by atoms with Crippen molar-refractivity contribution in [1.29, 1.82) is 0 Å². The summed E-state index contributed by atoms with van der Waals surface area (Å²) in [5.74, 6) is 1.45. The molecule has 0 aliphatic carbocycles. The van der Waals surface area contributed by atoms with Gasteiger partial charge >= 0.3 is 0 Å². The molecule has 2 heterocycles. The van der Waals surface area contributed by atoms with Crippen molar-refractivity contribution >= 4 is 23.5 Å². The van der Waals surface area contributed by atoms with Crippen molar-refractivity contribution in [2.24, 2.45) is 11.7 Å². The van der Waals surface area contributed by atoms with E-state index in [2.05, 4.69) is 27.0 Å². The molecule has 5 nitrogen and oxygen atoms in total. The van der Waals surface area contributed by atoms with Crippen molar-refractivity contribution in [3.05, 3.63) is 48.3 Å². The number of aromatic nitrogens is 2. The number of benzene rings is 1. The van der Waals surface area contributed by atoms with Crippen LogP contribution >= 0.6 is 11.8 Å². The van der Waals surface area contributed by atoms with E-state index in [1.165, 1.54) is 5.56 Å². The number of hydrogen-bond acceptors (Lipinski definition) is 5. The van der Waals surface area contributed by atoms with Gasteiger partial charge in [0.1, 0.15) is 17.2 Å². The van der Waals surface area contributed by atoms with Crippen molar-refractivity contribution in [3.8, 4) is 0 Å². The minimum absolute atomic E-state index is 0.0737. The first-order chi connectivity index (χ1) is 10.7. The van der Waals surface area contributed by atoms with Crippen LogP contribution in [0, 0.1) is 5.92 Å². The molecule has 114 valence electrons. The number of anilines is 1. The Balaban J connectivity index is 1.64. The van der Waals surface area contributed by atoms with E-state index in [4.69, 9.17) is 5.73 Å². The highest BCUT2D eigenvalue weighted by Gasteiger charge is 2.27. The number of nitrogens with zero attached hydrogens (tertiary/aromatic N) is 3. The maximum atomic E-state index is 11.3. The Hall–Kier alpha value is -2.08. The summed E-state index contributed by atoms with van der Waals surface area (Å²) in [5.41, 5.74) is 6.64. The number of rotatable bonds is 5. The van der Waals surface area contributed by atoms with Gasteiger partial charge in [0, 0.05) is 24.9 Å². The lowest BCUT2D eigenvalue weighted by Gasteiger charge is -2.17. The second-order valence-corrected chi connectivity index (χ2v) is 6.32. The van der Waals surface area contributed by atoms with Crippen molar-refractivity contribution in [2.45, 2.75) is 17.2 Å². The molecule has 2 aromatic rings. The molecule has 6 heteroatoms. The summed E-state index contributed by atoms with van der Waals surface area (Å²) in [6.07, 6.45) is 2.38. The number of primary amides is 1. The first-order valence-electron chi connectivity index (χ1n) is 7.25. The van der Waals surface area contributed by atoms with Crippen LogP contribution in [0.5, 0.6) is 0 Å². The van der Waals surface area contributed by atoms with Gasteiger partial charge in [0.05, 0.1) is 5.92 Å². The second kappa shape index (κ2) is 6.79. The van der Waals surface area contributed by atoms with Gasteiger partial charge in [0.25, 0.3) is 0 Å². The van der Waals surface area contributed by atoms with Crippen LogP contribution < -0.4 is 10.6 Å². The molecule has 3 rings (SSSR count). The summed E-state index contributed by atoms with van der Waals surface area (Å²) in [6.45, 7) is 1.46. The summed E-state index contributed by atoms with van der Waals surface area (Å²) in [4.78, 5) is 22.0. The van der Waals surface area contributed by atoms with E-state index in [0.717, 1.165) is 29.6 Å². The molecule has 1 fully saturated rings. The van der Waals surface area contributed by atoms with E-state index in [0.29, 0.717) is 6.54 Å². The third kappa shape index (κ3) is 3.57. The zero-order chi connectivity index (χ0) is 15.4. The Morgan fingerprint density at radius 3 is 2.86 bits per heavy atom. The molecule has 22 heavy (non-hydrogen) atoms. The van der Waals surface area contributed by atoms with Gasteiger partial charge in [-0.05, 0) is 12.0 Å². The molecule has 1 aliphatic heterocycles. The molecule has 1 saturated heterocycles. The van der Waals surface area contributed by atoms with E-state index in [1.54, 1.807) is 18.1 Å². The average molecular weight is 314 g/mol. The van der Waals surface area contributed by atoms with Gasteiger partial charge in [-0.25, -0.2) is 9.97 Å². The molecule has 0 radical (unpaired) electrons. The minimum Gasteiger partial charge on any atom is -0.369 e. The fourth-order valence-electron chi connectivity index (χ4n) is 2.51. The molecule has 0 unspecified atom stereocenters. The van der Waals surface area contributed by atoms with Crippen molar-refractivity contribution in [3.63, 3.8) is 0 Å². The topological polar surface area (TPSA) is 72.1 Å². The molecule has 0 saturated carbocycles. The average Bonchev–Trinajstić information content (AvgIpc) is 3.05. The van der Waals surface area contributed by atoms with Crippen LogP contribution in [0.3, 0.4) is 0 Å². The van der Waals surface area contributed by atoms with Crippen LogP contribution in [0.4, 0.5) is 5.82 Å². The molecular formula is C16H18N4OS. The van der Waals surface area contributed by atoms with Gasteiger partial charge in [0.15, 0.2) is 0 Å². The van der Waals surface area contributed by atoms with Gasteiger partial charge in [-0.15, -0.1) is 11.8 Å². The Morgan fingerprint density at radius 2 is 2.14 bits per heavy atom. The summed E-state index contributed by atoms with van der Waals surface area (Å²) in [6, 6.07) is 12.3. The van der Waals surface area contributed by atoms with E-state index in [9.17, 15) is 4.79 Å². The van der Waals surface area contributed by atoms with E-state index in [-0.39, 0.29) is 11.8 Å². The first-order valence-corrected chi connectivity index (χ1v) is 8.24. The Morgan fingerprint density at radius 1 is 1.32 bits per heavy atom. The molecule has 0 bridgehead atoms. The van der Waals surface area contributed by atoms with Crippen LogP contribution in [0.2, 0.25) is 0 Å². The zero-order valence-electron chi connectivity index (χ0n) is 12.2. The monoisotopic (exact) mass is 314 g/mol. The number of amides is 1. The fraction of sp³-hybridized carbons (Fsp3) is 0.312. The van der Waals surface area contributed by atoms with Gasteiger partial charge in [0.2, 0.25) is 5.91 Å². The lowest BCUT2D eigenvalue weighted by atomic mass is 10.1. The molecule has 1 aromatic carbocycles. The predicted molar refractivity (Wildman–Crippen MR) is 87.5 cm³/mol. The van der Waals surface area contributed by atoms with Gasteiger partial charge in [-0.3, -0.25) is 4.79 Å². The fourth-order valence-corrected chi connectivity index (χ4v) is 3.33. The van der Waals surface area contributed by atoms with Crippen LogP contribution in [0.25, 0.3) is 0 Å².